The minimum atomic E-state index is -1.02. The maximum Gasteiger partial charge on any atom is 0.122 e. The van der Waals surface area contributed by atoms with E-state index >= 15 is 0 Å². The zero-order chi connectivity index (χ0) is 11.6. The molecule has 0 spiro atoms. The Kier molecular flexibility index (Phi) is 3.08. The van der Waals surface area contributed by atoms with Gasteiger partial charge < -0.3 is 15.2 Å². The van der Waals surface area contributed by atoms with Gasteiger partial charge in [-0.15, -0.1) is 0 Å². The molecule has 1 aromatic carbocycles. The average molecular weight is 219 g/mol. The summed E-state index contributed by atoms with van der Waals surface area (Å²) in [7, 11) is 0. The monoisotopic (exact) mass is 219 g/mol. The highest BCUT2D eigenvalue weighted by molar-refractivity contribution is 5.52. The van der Waals surface area contributed by atoms with Gasteiger partial charge in [-0.1, -0.05) is 24.3 Å². The van der Waals surface area contributed by atoms with Crippen molar-refractivity contribution in [2.45, 2.75) is 31.4 Å². The Hall–Kier alpha value is -1.19. The fourth-order valence-electron chi connectivity index (χ4n) is 2.35. The molecule has 0 aliphatic carbocycles. The summed E-state index contributed by atoms with van der Waals surface area (Å²) in [4.78, 5) is 10.6. The van der Waals surface area contributed by atoms with Crippen molar-refractivity contribution >= 4 is 6.29 Å². The molecular formula is C13H17NO2. The molecule has 1 aromatic rings. The van der Waals surface area contributed by atoms with Crippen molar-refractivity contribution in [1.29, 1.82) is 0 Å². The van der Waals surface area contributed by atoms with E-state index in [4.69, 9.17) is 0 Å². The van der Waals surface area contributed by atoms with Gasteiger partial charge in [0, 0.05) is 6.42 Å². The van der Waals surface area contributed by atoms with Crippen molar-refractivity contribution < 1.29 is 9.90 Å². The Balaban J connectivity index is 2.34. The number of benzene rings is 1. The third-order valence-corrected chi connectivity index (χ3v) is 3.23. The highest BCUT2D eigenvalue weighted by atomic mass is 16.3. The predicted molar refractivity (Wildman–Crippen MR) is 62.2 cm³/mol. The van der Waals surface area contributed by atoms with Crippen molar-refractivity contribution in [3.63, 3.8) is 0 Å². The maximum atomic E-state index is 10.6. The molecule has 1 aliphatic heterocycles. The molecular weight excluding hydrogens is 202 g/mol. The summed E-state index contributed by atoms with van der Waals surface area (Å²) < 4.78 is 0. The molecule has 0 saturated carbocycles. The van der Waals surface area contributed by atoms with Crippen LogP contribution in [0.1, 0.15) is 30.5 Å². The summed E-state index contributed by atoms with van der Waals surface area (Å²) in [6, 6.07) is 7.93. The molecule has 0 amide bonds. The van der Waals surface area contributed by atoms with Gasteiger partial charge in [0.05, 0.1) is 11.6 Å². The van der Waals surface area contributed by atoms with Gasteiger partial charge in [0.2, 0.25) is 0 Å². The van der Waals surface area contributed by atoms with E-state index in [0.717, 1.165) is 24.8 Å². The van der Waals surface area contributed by atoms with E-state index in [1.807, 2.05) is 18.2 Å². The van der Waals surface area contributed by atoms with Crippen molar-refractivity contribution in [3.05, 3.63) is 35.4 Å². The standard InChI is InChI=1S/C13H17NO2/c1-13(16,7-9-15)12-11-5-3-2-4-10(11)6-8-14-12/h2-5,9,12,14,16H,6-8H2,1H3. The Bertz CT molecular complexity index is 387. The summed E-state index contributed by atoms with van der Waals surface area (Å²) in [5.41, 5.74) is 1.36. The number of carbonyl (C=O) groups is 1. The summed E-state index contributed by atoms with van der Waals surface area (Å²) in [5, 5.41) is 13.6. The van der Waals surface area contributed by atoms with Gasteiger partial charge in [-0.05, 0) is 31.0 Å². The van der Waals surface area contributed by atoms with E-state index in [9.17, 15) is 9.90 Å². The topological polar surface area (TPSA) is 49.3 Å². The minimum Gasteiger partial charge on any atom is -0.388 e. The molecule has 1 heterocycles. The molecule has 1 aliphatic rings. The molecule has 3 nitrogen and oxygen atoms in total. The Labute approximate surface area is 95.5 Å². The highest BCUT2D eigenvalue weighted by Gasteiger charge is 2.35. The summed E-state index contributed by atoms with van der Waals surface area (Å²) >= 11 is 0. The molecule has 2 unspecified atom stereocenters. The van der Waals surface area contributed by atoms with Gasteiger partial charge in [-0.2, -0.15) is 0 Å². The minimum absolute atomic E-state index is 0.150. The van der Waals surface area contributed by atoms with Crippen molar-refractivity contribution in [2.75, 3.05) is 6.54 Å². The molecule has 86 valence electrons. The van der Waals surface area contributed by atoms with E-state index in [1.165, 1.54) is 5.56 Å². The number of rotatable bonds is 3. The summed E-state index contributed by atoms with van der Waals surface area (Å²) in [6.07, 6.45) is 1.90. The smallest absolute Gasteiger partial charge is 0.122 e. The van der Waals surface area contributed by atoms with Gasteiger partial charge in [0.25, 0.3) is 0 Å². The number of carbonyl (C=O) groups excluding carboxylic acids is 1. The predicted octanol–water partition coefficient (Wildman–Crippen LogP) is 1.21. The molecule has 3 heteroatoms. The van der Waals surface area contributed by atoms with Crippen LogP contribution in [-0.4, -0.2) is 23.5 Å². The Morgan fingerprint density at radius 3 is 3.06 bits per heavy atom. The number of aldehydes is 1. The average Bonchev–Trinajstić information content (AvgIpc) is 2.28. The van der Waals surface area contributed by atoms with Gasteiger partial charge in [-0.25, -0.2) is 0 Å². The molecule has 0 radical (unpaired) electrons. The first-order chi connectivity index (χ1) is 7.65. The summed E-state index contributed by atoms with van der Waals surface area (Å²) in [6.45, 7) is 2.55. The lowest BCUT2D eigenvalue weighted by Gasteiger charge is -2.36. The quantitative estimate of drug-likeness (QED) is 0.751. The van der Waals surface area contributed by atoms with Crippen molar-refractivity contribution in [2.24, 2.45) is 0 Å². The van der Waals surface area contributed by atoms with Crippen LogP contribution in [0.2, 0.25) is 0 Å². The van der Waals surface area contributed by atoms with Crippen LogP contribution >= 0.6 is 0 Å². The lowest BCUT2D eigenvalue weighted by atomic mass is 9.83. The van der Waals surface area contributed by atoms with Gasteiger partial charge in [-0.3, -0.25) is 0 Å². The lowest BCUT2D eigenvalue weighted by Crippen LogP contribution is -2.45. The van der Waals surface area contributed by atoms with Crippen LogP contribution < -0.4 is 5.32 Å². The molecule has 0 fully saturated rings. The van der Waals surface area contributed by atoms with Gasteiger partial charge >= 0.3 is 0 Å². The van der Waals surface area contributed by atoms with Crippen LogP contribution in [0, 0.1) is 0 Å². The molecule has 2 N–H and O–H groups in total. The van der Waals surface area contributed by atoms with Gasteiger partial charge in [0.15, 0.2) is 0 Å². The zero-order valence-electron chi connectivity index (χ0n) is 9.44. The summed E-state index contributed by atoms with van der Waals surface area (Å²) in [5.74, 6) is 0. The SMILES string of the molecule is CC(O)(CC=O)C1NCCc2ccccc21. The van der Waals surface area contributed by atoms with Crippen LogP contribution in [0.25, 0.3) is 0 Å². The van der Waals surface area contributed by atoms with Crippen LogP contribution in [0.3, 0.4) is 0 Å². The maximum absolute atomic E-state index is 10.6. The molecule has 0 saturated heterocycles. The number of hydrogen-bond donors (Lipinski definition) is 2. The largest absolute Gasteiger partial charge is 0.388 e. The Morgan fingerprint density at radius 2 is 2.31 bits per heavy atom. The highest BCUT2D eigenvalue weighted by Crippen LogP contribution is 2.32. The second kappa shape index (κ2) is 4.36. The van der Waals surface area contributed by atoms with E-state index in [2.05, 4.69) is 11.4 Å². The van der Waals surface area contributed by atoms with Crippen LogP contribution in [0.4, 0.5) is 0 Å². The fraction of sp³-hybridized carbons (Fsp3) is 0.462. The molecule has 0 bridgehead atoms. The zero-order valence-corrected chi connectivity index (χ0v) is 9.44. The first kappa shape index (κ1) is 11.3. The molecule has 2 rings (SSSR count). The lowest BCUT2D eigenvalue weighted by molar-refractivity contribution is -0.113. The fourth-order valence-corrected chi connectivity index (χ4v) is 2.35. The van der Waals surface area contributed by atoms with Gasteiger partial charge in [0.1, 0.15) is 6.29 Å². The number of aliphatic hydroxyl groups is 1. The second-order valence-electron chi connectivity index (χ2n) is 4.56. The third kappa shape index (κ3) is 2.01. The van der Waals surface area contributed by atoms with E-state index in [1.54, 1.807) is 6.92 Å². The normalized spacial score (nSPS) is 23.2. The molecule has 2 atom stereocenters. The molecule has 16 heavy (non-hydrogen) atoms. The van der Waals surface area contributed by atoms with Crippen LogP contribution in [0.15, 0.2) is 24.3 Å². The Morgan fingerprint density at radius 1 is 1.56 bits per heavy atom. The number of hydrogen-bond acceptors (Lipinski definition) is 3. The third-order valence-electron chi connectivity index (χ3n) is 3.23. The van der Waals surface area contributed by atoms with E-state index in [-0.39, 0.29) is 12.5 Å². The molecule has 0 aromatic heterocycles. The second-order valence-corrected chi connectivity index (χ2v) is 4.56. The first-order valence-corrected chi connectivity index (χ1v) is 5.62. The van der Waals surface area contributed by atoms with Crippen LogP contribution in [-0.2, 0) is 11.2 Å². The first-order valence-electron chi connectivity index (χ1n) is 5.62. The number of nitrogens with one attached hydrogen (secondary N) is 1. The van der Waals surface area contributed by atoms with E-state index in [0.29, 0.717) is 0 Å². The van der Waals surface area contributed by atoms with E-state index < -0.39 is 5.60 Å². The van der Waals surface area contributed by atoms with Crippen LogP contribution in [0.5, 0.6) is 0 Å². The van der Waals surface area contributed by atoms with Crippen molar-refractivity contribution in [3.8, 4) is 0 Å². The number of fused-ring (bicyclic) bond motifs is 1. The van der Waals surface area contributed by atoms with Crippen molar-refractivity contribution in [1.82, 2.24) is 5.32 Å².